The molecule has 0 aliphatic heterocycles. The Morgan fingerprint density at radius 1 is 1.03 bits per heavy atom. The zero-order valence-corrected chi connectivity index (χ0v) is 20.3. The lowest BCUT2D eigenvalue weighted by Gasteiger charge is -2.21. The molecule has 1 aromatic heterocycles. The van der Waals surface area contributed by atoms with Gasteiger partial charge in [-0.1, -0.05) is 57.8 Å². The molecule has 1 heterocycles. The van der Waals surface area contributed by atoms with E-state index >= 15 is 0 Å². The van der Waals surface area contributed by atoms with Crippen molar-refractivity contribution in [2.45, 2.75) is 59.0 Å². The van der Waals surface area contributed by atoms with Crippen molar-refractivity contribution >= 4 is 29.2 Å². The molecule has 0 spiro atoms. The lowest BCUT2D eigenvalue weighted by Crippen LogP contribution is -2.23. The molecule has 10 heteroatoms. The topological polar surface area (TPSA) is 52.1 Å². The van der Waals surface area contributed by atoms with Gasteiger partial charge in [-0.2, -0.15) is 0 Å². The zero-order chi connectivity index (χ0) is 25.1. The molecule has 0 fully saturated rings. The number of hydrogen-bond acceptors (Lipinski definition) is 4. The van der Waals surface area contributed by atoms with Gasteiger partial charge in [0.25, 0.3) is 0 Å². The summed E-state index contributed by atoms with van der Waals surface area (Å²) in [4.78, 5) is 21.3. The molecule has 0 N–H and O–H groups in total. The summed E-state index contributed by atoms with van der Waals surface area (Å²) < 4.78 is 62.7. The van der Waals surface area contributed by atoms with E-state index < -0.39 is 59.3 Å². The number of esters is 1. The van der Waals surface area contributed by atoms with Gasteiger partial charge in [0, 0.05) is 45.9 Å². The van der Waals surface area contributed by atoms with Crippen molar-refractivity contribution in [2.75, 3.05) is 0 Å². The van der Waals surface area contributed by atoms with Gasteiger partial charge in [0.1, 0.15) is 12.4 Å². The quantitative estimate of drug-likeness (QED) is 0.239. The Hall–Kier alpha value is -2.19. The minimum atomic E-state index is -1.67. The van der Waals surface area contributed by atoms with E-state index in [9.17, 15) is 22.4 Å². The Morgan fingerprint density at radius 3 is 1.94 bits per heavy atom. The fourth-order valence-electron chi connectivity index (χ4n) is 3.12. The first-order valence-electron chi connectivity index (χ1n) is 10.1. The van der Waals surface area contributed by atoms with E-state index in [0.717, 1.165) is 5.54 Å². The summed E-state index contributed by atoms with van der Waals surface area (Å²) in [7, 11) is 0. The second-order valence-corrected chi connectivity index (χ2v) is 9.57. The third-order valence-electron chi connectivity index (χ3n) is 4.89. The van der Waals surface area contributed by atoms with E-state index in [2.05, 4.69) is 9.97 Å². The second-order valence-electron chi connectivity index (χ2n) is 8.87. The van der Waals surface area contributed by atoms with E-state index in [1.54, 1.807) is 13.8 Å². The Morgan fingerprint density at radius 2 is 1.52 bits per heavy atom. The first-order chi connectivity index (χ1) is 15.3. The Kier molecular flexibility index (Phi) is 8.88. The van der Waals surface area contributed by atoms with Crippen LogP contribution in [0.4, 0.5) is 17.6 Å². The second kappa shape index (κ2) is 10.8. The molecule has 0 amide bonds. The molecule has 2 rings (SSSR count). The SMILES string of the molecule is CC(C)C(C(=O)OCc1c(F)c(F)c(CC(Cl)=CCl)c(F)c1F)c1cnc(C(C)(C)C)nc1. The minimum Gasteiger partial charge on any atom is -0.460 e. The Bertz CT molecular complexity index is 1020. The zero-order valence-electron chi connectivity index (χ0n) is 18.8. The van der Waals surface area contributed by atoms with Crippen molar-refractivity contribution in [1.82, 2.24) is 9.97 Å². The standard InChI is InChI=1S/C23H24Cl2F4N2O2/c1-11(2)16(12-8-30-22(31-9-12)23(3,4)5)21(32)33-10-15-19(28)17(26)14(6-13(25)7-24)18(27)20(15)29/h7-9,11,16H,6,10H2,1-5H3. The lowest BCUT2D eigenvalue weighted by atomic mass is 9.89. The molecule has 2 aromatic rings. The summed E-state index contributed by atoms with van der Waals surface area (Å²) >= 11 is 11.0. The average molecular weight is 507 g/mol. The highest BCUT2D eigenvalue weighted by molar-refractivity contribution is 6.36. The molecule has 0 saturated heterocycles. The van der Waals surface area contributed by atoms with Gasteiger partial charge in [0.2, 0.25) is 0 Å². The van der Waals surface area contributed by atoms with Gasteiger partial charge in [0.05, 0.1) is 11.5 Å². The molecule has 1 unspecified atom stereocenters. The first-order valence-corrected chi connectivity index (χ1v) is 10.9. The monoisotopic (exact) mass is 506 g/mol. The molecular weight excluding hydrogens is 483 g/mol. The van der Waals surface area contributed by atoms with Crippen molar-refractivity contribution < 1.29 is 27.1 Å². The van der Waals surface area contributed by atoms with Crippen molar-refractivity contribution in [3.8, 4) is 0 Å². The van der Waals surface area contributed by atoms with Gasteiger partial charge in [-0.3, -0.25) is 4.79 Å². The van der Waals surface area contributed by atoms with Crippen LogP contribution in [0.1, 0.15) is 63.1 Å². The molecular formula is C23H24Cl2F4N2O2. The van der Waals surface area contributed by atoms with Crippen LogP contribution in [0, 0.1) is 29.2 Å². The van der Waals surface area contributed by atoms with Gasteiger partial charge in [0.15, 0.2) is 23.3 Å². The van der Waals surface area contributed by atoms with Gasteiger partial charge < -0.3 is 4.74 Å². The highest BCUT2D eigenvalue weighted by Crippen LogP contribution is 2.30. The van der Waals surface area contributed by atoms with E-state index in [4.69, 9.17) is 27.9 Å². The molecule has 4 nitrogen and oxygen atoms in total. The smallest absolute Gasteiger partial charge is 0.314 e. The number of halogens is 6. The molecule has 0 aliphatic rings. The fourth-order valence-corrected chi connectivity index (χ4v) is 3.33. The molecule has 0 saturated carbocycles. The number of allylic oxidation sites excluding steroid dienone is 1. The highest BCUT2D eigenvalue weighted by atomic mass is 35.5. The van der Waals surface area contributed by atoms with Gasteiger partial charge in [-0.25, -0.2) is 27.5 Å². The fraction of sp³-hybridized carbons (Fsp3) is 0.435. The number of carbonyl (C=O) groups is 1. The van der Waals surface area contributed by atoms with Gasteiger partial charge in [-0.15, -0.1) is 0 Å². The highest BCUT2D eigenvalue weighted by Gasteiger charge is 2.30. The number of carbonyl (C=O) groups excluding carboxylic acids is 1. The predicted octanol–water partition coefficient (Wildman–Crippen LogP) is 6.68. The summed E-state index contributed by atoms with van der Waals surface area (Å²) in [6.07, 6.45) is 2.34. The number of nitrogens with zero attached hydrogens (tertiary/aromatic N) is 2. The maximum atomic E-state index is 14.5. The van der Waals surface area contributed by atoms with Crippen LogP contribution < -0.4 is 0 Å². The number of rotatable bonds is 7. The van der Waals surface area contributed by atoms with Crippen LogP contribution in [0.2, 0.25) is 0 Å². The van der Waals surface area contributed by atoms with Crippen LogP contribution in [0.15, 0.2) is 23.0 Å². The van der Waals surface area contributed by atoms with Crippen LogP contribution in [0.3, 0.4) is 0 Å². The number of ether oxygens (including phenoxy) is 1. The largest absolute Gasteiger partial charge is 0.460 e. The van der Waals surface area contributed by atoms with Crippen molar-refractivity contribution in [3.05, 3.63) is 68.7 Å². The van der Waals surface area contributed by atoms with Crippen LogP contribution in [-0.2, 0) is 28.0 Å². The molecule has 0 bridgehead atoms. The van der Waals surface area contributed by atoms with E-state index in [-0.39, 0.29) is 16.4 Å². The predicted molar refractivity (Wildman–Crippen MR) is 118 cm³/mol. The number of aromatic nitrogens is 2. The molecule has 180 valence electrons. The third-order valence-corrected chi connectivity index (χ3v) is 5.51. The lowest BCUT2D eigenvalue weighted by molar-refractivity contribution is -0.148. The first kappa shape index (κ1) is 27.1. The van der Waals surface area contributed by atoms with E-state index in [1.165, 1.54) is 12.4 Å². The Labute approximate surface area is 200 Å². The molecule has 33 heavy (non-hydrogen) atoms. The molecule has 0 radical (unpaired) electrons. The van der Waals surface area contributed by atoms with Crippen molar-refractivity contribution in [1.29, 1.82) is 0 Å². The summed E-state index contributed by atoms with van der Waals surface area (Å²) in [6.45, 7) is 8.28. The maximum absolute atomic E-state index is 14.5. The summed E-state index contributed by atoms with van der Waals surface area (Å²) in [5, 5.41) is -0.216. The van der Waals surface area contributed by atoms with Crippen LogP contribution in [0.25, 0.3) is 0 Å². The normalized spacial score (nSPS) is 13.4. The maximum Gasteiger partial charge on any atom is 0.314 e. The summed E-state index contributed by atoms with van der Waals surface area (Å²) in [5.74, 6) is -8.02. The summed E-state index contributed by atoms with van der Waals surface area (Å²) in [6, 6.07) is 0. The molecule has 0 aliphatic carbocycles. The Balaban J connectivity index is 2.29. The molecule has 1 atom stereocenters. The van der Waals surface area contributed by atoms with E-state index in [1.807, 2.05) is 20.8 Å². The minimum absolute atomic E-state index is 0.216. The van der Waals surface area contributed by atoms with Crippen LogP contribution >= 0.6 is 23.2 Å². The average Bonchev–Trinajstić information content (AvgIpc) is 2.74. The third kappa shape index (κ3) is 6.23. The van der Waals surface area contributed by atoms with Gasteiger partial charge in [-0.05, 0) is 5.92 Å². The van der Waals surface area contributed by atoms with Crippen LogP contribution in [0.5, 0.6) is 0 Å². The molecule has 1 aromatic carbocycles. The van der Waals surface area contributed by atoms with E-state index in [0.29, 0.717) is 11.4 Å². The van der Waals surface area contributed by atoms with Gasteiger partial charge >= 0.3 is 5.97 Å². The van der Waals surface area contributed by atoms with Crippen LogP contribution in [-0.4, -0.2) is 15.9 Å². The summed E-state index contributed by atoms with van der Waals surface area (Å²) in [5.41, 5.74) is -0.992. The number of hydrogen-bond donors (Lipinski definition) is 0. The van der Waals surface area contributed by atoms with Crippen molar-refractivity contribution in [2.24, 2.45) is 5.92 Å². The van der Waals surface area contributed by atoms with Crippen molar-refractivity contribution in [3.63, 3.8) is 0 Å². The number of benzene rings is 1.